The van der Waals surface area contributed by atoms with Crippen molar-refractivity contribution in [2.45, 2.75) is 6.92 Å². The Morgan fingerprint density at radius 3 is 2.80 bits per heavy atom. The summed E-state index contributed by atoms with van der Waals surface area (Å²) in [5.41, 5.74) is 3.50. The van der Waals surface area contributed by atoms with Crippen LogP contribution in [-0.4, -0.2) is 34.7 Å². The fourth-order valence-electron chi connectivity index (χ4n) is 1.83. The monoisotopic (exact) mass is 269 g/mol. The minimum Gasteiger partial charge on any atom is -0.377 e. The summed E-state index contributed by atoms with van der Waals surface area (Å²) >= 11 is 0. The number of aryl methyl sites for hydroxylation is 1. The molecular weight excluding hydrogens is 254 g/mol. The maximum Gasteiger partial charge on any atom is 0.216 e. The minimum atomic E-state index is 0.265. The van der Waals surface area contributed by atoms with Crippen molar-refractivity contribution in [1.82, 2.24) is 20.6 Å². The summed E-state index contributed by atoms with van der Waals surface area (Å²) in [5.74, 6) is 0.265. The van der Waals surface area contributed by atoms with Crippen LogP contribution in [0.2, 0.25) is 0 Å². The molecule has 0 fully saturated rings. The van der Waals surface area contributed by atoms with E-state index >= 15 is 0 Å². The second-order valence-electron chi connectivity index (χ2n) is 4.45. The van der Waals surface area contributed by atoms with Gasteiger partial charge in [-0.2, -0.15) is 10.5 Å². The number of allylic oxidation sites excluding steroid dienone is 1. The molecule has 102 valence electrons. The quantitative estimate of drug-likeness (QED) is 0.818. The number of benzene rings is 1. The summed E-state index contributed by atoms with van der Waals surface area (Å²) in [6, 6.07) is 8.00. The molecule has 20 heavy (non-hydrogen) atoms. The summed E-state index contributed by atoms with van der Waals surface area (Å²) in [6.45, 7) is 2.04. The van der Waals surface area contributed by atoms with Crippen LogP contribution in [0.3, 0.4) is 0 Å². The van der Waals surface area contributed by atoms with Crippen molar-refractivity contribution in [3.63, 3.8) is 0 Å². The molecule has 0 radical (unpaired) electrons. The standard InChI is InChI=1S/C13H15N7/c1-9-6-11(4-5-12(9)20(2)3)15-8-10(7-14)13-16-18-19-17-13/h4-6,8,15H,1-3H3,(H,16,17,18,19). The Bertz CT molecular complexity index is 650. The predicted octanol–water partition coefficient (Wildman–Crippen LogP) is 1.55. The Morgan fingerprint density at radius 2 is 2.25 bits per heavy atom. The zero-order valence-corrected chi connectivity index (χ0v) is 11.5. The summed E-state index contributed by atoms with van der Waals surface area (Å²) in [6.07, 6.45) is 1.56. The number of rotatable bonds is 4. The van der Waals surface area contributed by atoms with Crippen molar-refractivity contribution >= 4 is 16.9 Å². The van der Waals surface area contributed by atoms with E-state index < -0.39 is 0 Å². The van der Waals surface area contributed by atoms with Crippen LogP contribution < -0.4 is 10.2 Å². The van der Waals surface area contributed by atoms with Crippen LogP contribution in [0.1, 0.15) is 11.4 Å². The van der Waals surface area contributed by atoms with Crippen molar-refractivity contribution in [2.24, 2.45) is 0 Å². The molecule has 0 saturated heterocycles. The van der Waals surface area contributed by atoms with Crippen LogP contribution in [0.4, 0.5) is 11.4 Å². The van der Waals surface area contributed by atoms with E-state index in [4.69, 9.17) is 5.26 Å². The molecule has 2 rings (SSSR count). The molecular formula is C13H15N7. The third-order valence-electron chi connectivity index (χ3n) is 2.77. The number of anilines is 2. The van der Waals surface area contributed by atoms with Crippen LogP contribution in [0.15, 0.2) is 24.4 Å². The Labute approximate surface area is 116 Å². The average Bonchev–Trinajstić information content (AvgIpc) is 2.93. The van der Waals surface area contributed by atoms with Gasteiger partial charge in [0.25, 0.3) is 0 Å². The highest BCUT2D eigenvalue weighted by Gasteiger charge is 2.06. The summed E-state index contributed by atoms with van der Waals surface area (Å²) in [4.78, 5) is 2.05. The van der Waals surface area contributed by atoms with Gasteiger partial charge in [0.15, 0.2) is 0 Å². The number of nitriles is 1. The Kier molecular flexibility index (Phi) is 3.96. The molecule has 0 aliphatic rings. The third-order valence-corrected chi connectivity index (χ3v) is 2.77. The van der Waals surface area contributed by atoms with Crippen molar-refractivity contribution in [1.29, 1.82) is 5.26 Å². The largest absolute Gasteiger partial charge is 0.377 e. The molecule has 1 aromatic heterocycles. The Morgan fingerprint density at radius 1 is 1.45 bits per heavy atom. The van der Waals surface area contributed by atoms with Gasteiger partial charge in [-0.1, -0.05) is 0 Å². The molecule has 1 aromatic carbocycles. The highest BCUT2D eigenvalue weighted by atomic mass is 15.5. The fourth-order valence-corrected chi connectivity index (χ4v) is 1.83. The zero-order chi connectivity index (χ0) is 14.5. The second kappa shape index (κ2) is 5.84. The van der Waals surface area contributed by atoms with Crippen molar-refractivity contribution < 1.29 is 0 Å². The van der Waals surface area contributed by atoms with Crippen LogP contribution in [0.25, 0.3) is 5.57 Å². The van der Waals surface area contributed by atoms with Gasteiger partial charge in [0, 0.05) is 31.7 Å². The van der Waals surface area contributed by atoms with E-state index in [9.17, 15) is 0 Å². The van der Waals surface area contributed by atoms with Gasteiger partial charge in [-0.3, -0.25) is 0 Å². The molecule has 0 amide bonds. The molecule has 0 atom stereocenters. The van der Waals surface area contributed by atoms with Crippen LogP contribution in [0.5, 0.6) is 0 Å². The maximum atomic E-state index is 9.06. The first-order valence-corrected chi connectivity index (χ1v) is 6.00. The lowest BCUT2D eigenvalue weighted by molar-refractivity contribution is 0.881. The van der Waals surface area contributed by atoms with E-state index in [-0.39, 0.29) is 5.82 Å². The molecule has 2 N–H and O–H groups in total. The highest BCUT2D eigenvalue weighted by Crippen LogP contribution is 2.22. The van der Waals surface area contributed by atoms with E-state index in [2.05, 4.69) is 30.8 Å². The van der Waals surface area contributed by atoms with Gasteiger partial charge < -0.3 is 10.2 Å². The van der Waals surface area contributed by atoms with Gasteiger partial charge in [0.2, 0.25) is 5.82 Å². The van der Waals surface area contributed by atoms with E-state index in [0.717, 1.165) is 16.9 Å². The lowest BCUT2D eigenvalue weighted by Crippen LogP contribution is -2.10. The summed E-state index contributed by atoms with van der Waals surface area (Å²) < 4.78 is 0. The van der Waals surface area contributed by atoms with Crippen LogP contribution in [0, 0.1) is 18.3 Å². The van der Waals surface area contributed by atoms with E-state index in [1.54, 1.807) is 6.20 Å². The number of nitrogens with zero attached hydrogens (tertiary/aromatic N) is 5. The van der Waals surface area contributed by atoms with Gasteiger partial charge >= 0.3 is 0 Å². The smallest absolute Gasteiger partial charge is 0.216 e. The van der Waals surface area contributed by atoms with Crippen LogP contribution >= 0.6 is 0 Å². The number of nitrogens with one attached hydrogen (secondary N) is 2. The molecule has 0 spiro atoms. The molecule has 0 saturated carbocycles. The summed E-state index contributed by atoms with van der Waals surface area (Å²) in [7, 11) is 4.00. The number of aromatic nitrogens is 4. The fraction of sp³-hybridized carbons (Fsp3) is 0.231. The first-order valence-electron chi connectivity index (χ1n) is 6.00. The third kappa shape index (κ3) is 2.92. The van der Waals surface area contributed by atoms with Gasteiger partial charge in [0.05, 0.1) is 0 Å². The number of hydrogen-bond acceptors (Lipinski definition) is 6. The van der Waals surface area contributed by atoms with Crippen molar-refractivity contribution in [3.8, 4) is 6.07 Å². The zero-order valence-electron chi connectivity index (χ0n) is 11.5. The SMILES string of the molecule is Cc1cc(NC=C(C#N)c2nn[nH]n2)ccc1N(C)C. The topological polar surface area (TPSA) is 93.5 Å². The first kappa shape index (κ1) is 13.5. The minimum absolute atomic E-state index is 0.265. The predicted molar refractivity (Wildman–Crippen MR) is 76.9 cm³/mol. The summed E-state index contributed by atoms with van der Waals surface area (Å²) in [5, 5.41) is 25.4. The highest BCUT2D eigenvalue weighted by molar-refractivity contribution is 5.74. The van der Waals surface area contributed by atoms with E-state index in [1.807, 2.05) is 45.3 Å². The lowest BCUT2D eigenvalue weighted by atomic mass is 10.1. The van der Waals surface area contributed by atoms with Gasteiger partial charge in [-0.25, -0.2) is 0 Å². The second-order valence-corrected chi connectivity index (χ2v) is 4.45. The molecule has 0 unspecified atom stereocenters. The molecule has 0 aliphatic carbocycles. The Balaban J connectivity index is 2.19. The normalized spacial score (nSPS) is 11.0. The van der Waals surface area contributed by atoms with Crippen molar-refractivity contribution in [2.75, 3.05) is 24.3 Å². The number of aromatic amines is 1. The number of H-pyrrole nitrogens is 1. The van der Waals surface area contributed by atoms with Gasteiger partial charge in [-0.05, 0) is 35.9 Å². The van der Waals surface area contributed by atoms with Gasteiger partial charge in [-0.15, -0.1) is 10.2 Å². The van der Waals surface area contributed by atoms with Crippen LogP contribution in [-0.2, 0) is 0 Å². The number of tetrazole rings is 1. The van der Waals surface area contributed by atoms with E-state index in [1.165, 1.54) is 0 Å². The Hall–Kier alpha value is -2.88. The first-order chi connectivity index (χ1) is 9.61. The average molecular weight is 269 g/mol. The molecule has 0 aliphatic heterocycles. The van der Waals surface area contributed by atoms with Gasteiger partial charge in [0.1, 0.15) is 11.6 Å². The number of hydrogen-bond donors (Lipinski definition) is 2. The molecule has 0 bridgehead atoms. The van der Waals surface area contributed by atoms with Crippen molar-refractivity contribution in [3.05, 3.63) is 35.8 Å². The molecule has 2 aromatic rings. The lowest BCUT2D eigenvalue weighted by Gasteiger charge is -2.16. The molecule has 7 nitrogen and oxygen atoms in total. The maximum absolute atomic E-state index is 9.06. The van der Waals surface area contributed by atoms with E-state index in [0.29, 0.717) is 5.57 Å². The molecule has 7 heteroatoms. The molecule has 1 heterocycles.